The molecular formula is C24H28N2O3. The fraction of sp³-hybridized carbons (Fsp3) is 0.417. The van der Waals surface area contributed by atoms with E-state index in [0.717, 1.165) is 67.6 Å². The highest BCUT2D eigenvalue weighted by Gasteiger charge is 2.32. The molecule has 0 saturated heterocycles. The lowest BCUT2D eigenvalue weighted by Crippen LogP contribution is -2.23. The number of hydrogen-bond donors (Lipinski definition) is 2. The average molecular weight is 392 g/mol. The molecule has 1 aliphatic carbocycles. The van der Waals surface area contributed by atoms with Crippen molar-refractivity contribution in [2.45, 2.75) is 51.7 Å². The number of rotatable bonds is 8. The Morgan fingerprint density at radius 3 is 2.93 bits per heavy atom. The van der Waals surface area contributed by atoms with Crippen molar-refractivity contribution in [3.63, 3.8) is 0 Å². The van der Waals surface area contributed by atoms with E-state index >= 15 is 0 Å². The highest BCUT2D eigenvalue weighted by molar-refractivity contribution is 6.02. The molecule has 5 heteroatoms. The van der Waals surface area contributed by atoms with Crippen LogP contribution in [-0.2, 0) is 30.8 Å². The summed E-state index contributed by atoms with van der Waals surface area (Å²) in [5.74, 6) is 0.722. The van der Waals surface area contributed by atoms with Gasteiger partial charge in [-0.05, 0) is 55.0 Å². The topological polar surface area (TPSA) is 81.4 Å². The number of amides is 1. The van der Waals surface area contributed by atoms with Gasteiger partial charge in [0.25, 0.3) is 0 Å². The first-order chi connectivity index (χ1) is 14.1. The maximum Gasteiger partial charge on any atom is 0.217 e. The third-order valence-electron chi connectivity index (χ3n) is 6.00. The Labute approximate surface area is 171 Å². The lowest BCUT2D eigenvalue weighted by molar-refractivity contribution is -0.118. The van der Waals surface area contributed by atoms with Gasteiger partial charge in [-0.15, -0.1) is 0 Å². The van der Waals surface area contributed by atoms with Crippen LogP contribution in [0.3, 0.4) is 0 Å². The summed E-state index contributed by atoms with van der Waals surface area (Å²) >= 11 is 0. The number of ether oxygens (including phenoxy) is 1. The number of nitrogens with two attached hydrogens (primary N) is 1. The van der Waals surface area contributed by atoms with Gasteiger partial charge in [0.15, 0.2) is 5.78 Å². The molecule has 3 N–H and O–H groups in total. The van der Waals surface area contributed by atoms with Crippen LogP contribution in [-0.4, -0.2) is 18.2 Å². The molecule has 1 heterocycles. The van der Waals surface area contributed by atoms with E-state index in [1.54, 1.807) is 0 Å². The molecule has 0 spiro atoms. The maximum atomic E-state index is 12.8. The van der Waals surface area contributed by atoms with Crippen LogP contribution in [0.25, 0.3) is 0 Å². The van der Waals surface area contributed by atoms with E-state index < -0.39 is 0 Å². The third kappa shape index (κ3) is 4.51. The number of fused-ring (bicyclic) bond motifs is 2. The molecule has 0 unspecified atom stereocenters. The zero-order valence-electron chi connectivity index (χ0n) is 16.7. The van der Waals surface area contributed by atoms with Gasteiger partial charge >= 0.3 is 0 Å². The van der Waals surface area contributed by atoms with Crippen molar-refractivity contribution in [3.8, 4) is 5.75 Å². The molecule has 2 aromatic rings. The van der Waals surface area contributed by atoms with Gasteiger partial charge in [-0.25, -0.2) is 0 Å². The minimum absolute atomic E-state index is 0.0149. The number of hydrogen-bond acceptors (Lipinski definition) is 4. The molecule has 1 amide bonds. The SMILES string of the molecule is NC(=O)CCCC[C@@H]1Cc2c(OCc3ccc4c(c3)CCNC4)cccc2C1=O. The number of carbonyl (C=O) groups is 2. The first kappa shape index (κ1) is 19.6. The Morgan fingerprint density at radius 1 is 1.17 bits per heavy atom. The molecule has 0 fully saturated rings. The summed E-state index contributed by atoms with van der Waals surface area (Å²) in [5.41, 5.74) is 10.9. The summed E-state index contributed by atoms with van der Waals surface area (Å²) in [5, 5.41) is 3.39. The molecule has 4 rings (SSSR count). The second kappa shape index (κ2) is 8.78. The first-order valence-corrected chi connectivity index (χ1v) is 10.5. The van der Waals surface area contributed by atoms with Crippen molar-refractivity contribution in [2.75, 3.05) is 6.54 Å². The number of carbonyl (C=O) groups excluding carboxylic acids is 2. The zero-order valence-corrected chi connectivity index (χ0v) is 16.7. The predicted molar refractivity (Wildman–Crippen MR) is 112 cm³/mol. The van der Waals surface area contributed by atoms with Gasteiger partial charge in [-0.2, -0.15) is 0 Å². The number of primary amides is 1. The van der Waals surface area contributed by atoms with E-state index in [-0.39, 0.29) is 17.6 Å². The summed E-state index contributed by atoms with van der Waals surface area (Å²) < 4.78 is 6.15. The summed E-state index contributed by atoms with van der Waals surface area (Å²) in [7, 11) is 0. The largest absolute Gasteiger partial charge is 0.489 e. The molecule has 2 aliphatic rings. The molecule has 0 saturated carbocycles. The summed E-state index contributed by atoms with van der Waals surface area (Å²) in [6.45, 7) is 2.46. The Balaban J connectivity index is 1.40. The van der Waals surface area contributed by atoms with Gasteiger partial charge in [0.2, 0.25) is 5.91 Å². The molecule has 152 valence electrons. The Hall–Kier alpha value is -2.66. The van der Waals surface area contributed by atoms with Gasteiger partial charge in [-0.3, -0.25) is 9.59 Å². The molecule has 0 radical (unpaired) electrons. The van der Waals surface area contributed by atoms with Crippen molar-refractivity contribution < 1.29 is 14.3 Å². The normalized spacial score (nSPS) is 17.7. The Kier molecular flexibility index (Phi) is 5.95. The van der Waals surface area contributed by atoms with Crippen LogP contribution in [0.5, 0.6) is 5.75 Å². The smallest absolute Gasteiger partial charge is 0.217 e. The van der Waals surface area contributed by atoms with Gasteiger partial charge in [0.05, 0.1) is 0 Å². The third-order valence-corrected chi connectivity index (χ3v) is 6.00. The van der Waals surface area contributed by atoms with E-state index in [4.69, 9.17) is 10.5 Å². The molecule has 0 bridgehead atoms. The van der Waals surface area contributed by atoms with Crippen LogP contribution in [0.1, 0.15) is 58.3 Å². The quantitative estimate of drug-likeness (QED) is 0.676. The minimum Gasteiger partial charge on any atom is -0.489 e. The van der Waals surface area contributed by atoms with Crippen LogP contribution >= 0.6 is 0 Å². The number of benzene rings is 2. The van der Waals surface area contributed by atoms with E-state index in [0.29, 0.717) is 13.0 Å². The summed E-state index contributed by atoms with van der Waals surface area (Å²) in [6, 6.07) is 12.3. The highest BCUT2D eigenvalue weighted by atomic mass is 16.5. The number of ketones is 1. The second-order valence-electron chi connectivity index (χ2n) is 8.08. The second-order valence-corrected chi connectivity index (χ2v) is 8.08. The first-order valence-electron chi connectivity index (χ1n) is 10.5. The van der Waals surface area contributed by atoms with Gasteiger partial charge in [-0.1, -0.05) is 36.8 Å². The van der Waals surface area contributed by atoms with Crippen LogP contribution < -0.4 is 15.8 Å². The Morgan fingerprint density at radius 2 is 2.07 bits per heavy atom. The molecule has 1 atom stereocenters. The van der Waals surface area contributed by atoms with Crippen LogP contribution in [0.15, 0.2) is 36.4 Å². The molecule has 2 aromatic carbocycles. The van der Waals surface area contributed by atoms with Crippen LogP contribution in [0.4, 0.5) is 0 Å². The predicted octanol–water partition coefficient (Wildman–Crippen LogP) is 3.31. The van der Waals surface area contributed by atoms with Gasteiger partial charge in [0, 0.05) is 30.0 Å². The number of nitrogens with one attached hydrogen (secondary N) is 1. The van der Waals surface area contributed by atoms with E-state index in [1.807, 2.05) is 18.2 Å². The lowest BCUT2D eigenvalue weighted by Gasteiger charge is -2.18. The van der Waals surface area contributed by atoms with E-state index in [1.165, 1.54) is 11.1 Å². The molecule has 5 nitrogen and oxygen atoms in total. The average Bonchev–Trinajstić information content (AvgIpc) is 3.06. The van der Waals surface area contributed by atoms with E-state index in [2.05, 4.69) is 23.5 Å². The molecule has 0 aromatic heterocycles. The number of Topliss-reactive ketones (excluding diaryl/α,β-unsaturated/α-hetero) is 1. The standard InChI is InChI=1S/C24H28N2O3/c25-23(27)7-2-1-4-18-13-21-20(24(18)28)5-3-6-22(21)29-15-16-8-9-19-14-26-11-10-17(19)12-16/h3,5-6,8-9,12,18,26H,1-2,4,7,10-11,13-15H2,(H2,25,27)/t18-/m1/s1. The summed E-state index contributed by atoms with van der Waals surface area (Å²) in [6.07, 6.45) is 4.53. The molecule has 1 aliphatic heterocycles. The maximum absolute atomic E-state index is 12.8. The molecular weight excluding hydrogens is 364 g/mol. The van der Waals surface area contributed by atoms with Gasteiger partial charge in [0.1, 0.15) is 12.4 Å². The molecule has 29 heavy (non-hydrogen) atoms. The van der Waals surface area contributed by atoms with Crippen molar-refractivity contribution in [1.82, 2.24) is 5.32 Å². The van der Waals surface area contributed by atoms with Crippen LogP contribution in [0.2, 0.25) is 0 Å². The van der Waals surface area contributed by atoms with Crippen LogP contribution in [0, 0.1) is 5.92 Å². The Bertz CT molecular complexity index is 922. The van der Waals surface area contributed by atoms with Crippen molar-refractivity contribution in [2.24, 2.45) is 11.7 Å². The number of unbranched alkanes of at least 4 members (excludes halogenated alkanes) is 1. The monoisotopic (exact) mass is 392 g/mol. The summed E-state index contributed by atoms with van der Waals surface area (Å²) in [4.78, 5) is 23.6. The zero-order chi connectivity index (χ0) is 20.2. The lowest BCUT2D eigenvalue weighted by atomic mass is 9.97. The van der Waals surface area contributed by atoms with Crippen molar-refractivity contribution >= 4 is 11.7 Å². The van der Waals surface area contributed by atoms with E-state index in [9.17, 15) is 9.59 Å². The highest BCUT2D eigenvalue weighted by Crippen LogP contribution is 2.36. The fourth-order valence-corrected chi connectivity index (χ4v) is 4.41. The van der Waals surface area contributed by atoms with Gasteiger partial charge < -0.3 is 15.8 Å². The van der Waals surface area contributed by atoms with Crippen molar-refractivity contribution in [1.29, 1.82) is 0 Å². The van der Waals surface area contributed by atoms with Crippen molar-refractivity contribution in [3.05, 3.63) is 64.2 Å². The minimum atomic E-state index is -0.278. The fourth-order valence-electron chi connectivity index (χ4n) is 4.41.